The molecule has 0 N–H and O–H groups in total. The molecule has 1 unspecified atom stereocenters. The van der Waals surface area contributed by atoms with Crippen molar-refractivity contribution in [3.63, 3.8) is 0 Å². The summed E-state index contributed by atoms with van der Waals surface area (Å²) in [6.45, 7) is 0. The lowest BCUT2D eigenvalue weighted by Gasteiger charge is -2.19. The molecule has 1 aliphatic heterocycles. The number of fused-ring (bicyclic) bond motifs is 6. The van der Waals surface area contributed by atoms with Crippen molar-refractivity contribution in [1.82, 2.24) is 38.6 Å². The number of hydrogen-bond acceptors (Lipinski definition) is 6. The Labute approximate surface area is 316 Å². The van der Waals surface area contributed by atoms with Crippen LogP contribution in [0.2, 0.25) is 0 Å². The lowest BCUT2D eigenvalue weighted by Crippen LogP contribution is -2.12. The van der Waals surface area contributed by atoms with E-state index in [1.54, 1.807) is 12.7 Å². The van der Waals surface area contributed by atoms with Crippen LogP contribution in [0.3, 0.4) is 0 Å². The van der Waals surface area contributed by atoms with Crippen molar-refractivity contribution in [2.45, 2.75) is 25.2 Å². The molecule has 9 heteroatoms. The Morgan fingerprint density at radius 3 is 2.33 bits per heavy atom. The number of benzene rings is 4. The summed E-state index contributed by atoms with van der Waals surface area (Å²) in [5.41, 5.74) is 12.8. The van der Waals surface area contributed by atoms with Crippen LogP contribution in [0.25, 0.3) is 61.9 Å². The van der Waals surface area contributed by atoms with Crippen LogP contribution in [0, 0.1) is 0 Å². The average molecular weight is 712 g/mol. The topological polar surface area (TPSA) is 91.6 Å². The molecule has 2 aliphatic rings. The van der Waals surface area contributed by atoms with Gasteiger partial charge in [-0.25, -0.2) is 24.9 Å². The van der Waals surface area contributed by atoms with Crippen LogP contribution in [0.1, 0.15) is 40.5 Å². The summed E-state index contributed by atoms with van der Waals surface area (Å²) >= 11 is 0. The molecule has 4 aromatic carbocycles. The normalized spacial score (nSPS) is 14.9. The van der Waals surface area contributed by atoms with Crippen molar-refractivity contribution in [2.75, 3.05) is 0 Å². The second kappa shape index (κ2) is 12.7. The largest absolute Gasteiger partial charge is 0.311 e. The van der Waals surface area contributed by atoms with Gasteiger partial charge in [0.25, 0.3) is 0 Å². The Hall–Kier alpha value is -7.26. The first kappa shape index (κ1) is 31.3. The third-order valence-corrected chi connectivity index (χ3v) is 11.0. The second-order valence-electron chi connectivity index (χ2n) is 14.1. The van der Waals surface area contributed by atoms with Crippen molar-refractivity contribution in [3.05, 3.63) is 175 Å². The standard InChI is InChI=1S/C46H33N9/c1-2-10-34(11-3-1)53-21-20-49-45(53)32-9-6-8-30(22-32)31-16-17-42-39(23-31)38-18-19-47-27-43(38)54(42)35-12-7-13-36(25-35)55-41-15-5-4-14-37(41)40-24-33(26-50-46(40)55)44-51-28-48-29-52-44/h1-15,18-23,25-29,33H,16-17,24H2. The number of aromatic nitrogens is 8. The summed E-state index contributed by atoms with van der Waals surface area (Å²) in [5, 5.41) is 2.39. The fourth-order valence-electron chi connectivity index (χ4n) is 8.51. The molecule has 0 saturated heterocycles. The minimum atomic E-state index is -0.00997. The summed E-state index contributed by atoms with van der Waals surface area (Å²) in [6.07, 6.45) is 17.8. The highest BCUT2D eigenvalue weighted by molar-refractivity contribution is 5.99. The molecule has 1 atom stereocenters. The highest BCUT2D eigenvalue weighted by atomic mass is 15.1. The third-order valence-electron chi connectivity index (χ3n) is 11.0. The van der Waals surface area contributed by atoms with Gasteiger partial charge < -0.3 is 4.57 Å². The van der Waals surface area contributed by atoms with E-state index >= 15 is 0 Å². The zero-order valence-electron chi connectivity index (χ0n) is 29.7. The van der Waals surface area contributed by atoms with E-state index in [-0.39, 0.29) is 5.92 Å². The molecule has 0 saturated carbocycles. The smallest absolute Gasteiger partial charge is 0.144 e. The van der Waals surface area contributed by atoms with Crippen molar-refractivity contribution >= 4 is 45.5 Å². The van der Waals surface area contributed by atoms with Gasteiger partial charge in [0.1, 0.15) is 30.1 Å². The molecule has 9 nitrogen and oxygen atoms in total. The molecule has 0 spiro atoms. The molecule has 1 aliphatic carbocycles. The number of aliphatic imine (C=N–C) groups is 1. The fourth-order valence-corrected chi connectivity index (χ4v) is 8.51. The van der Waals surface area contributed by atoms with E-state index in [0.29, 0.717) is 0 Å². The lowest BCUT2D eigenvalue weighted by atomic mass is 9.90. The van der Waals surface area contributed by atoms with Gasteiger partial charge >= 0.3 is 0 Å². The Morgan fingerprint density at radius 2 is 1.42 bits per heavy atom. The average Bonchev–Trinajstić information content (AvgIpc) is 3.97. The van der Waals surface area contributed by atoms with Gasteiger partial charge in [-0.1, -0.05) is 60.7 Å². The SMILES string of the molecule is C1=Nc2c(c3ccccc3n2-c2cccc(-n3c4c(c5ccncc53)C=C(c3cccc(-c5nccn5-c5ccccc5)c3)CC4)c2)CC1c1ncncn1. The van der Waals surface area contributed by atoms with Gasteiger partial charge in [0.15, 0.2) is 0 Å². The molecule has 5 aromatic heterocycles. The summed E-state index contributed by atoms with van der Waals surface area (Å²) in [4.78, 5) is 27.3. The van der Waals surface area contributed by atoms with Gasteiger partial charge in [-0.15, -0.1) is 0 Å². The predicted molar refractivity (Wildman–Crippen MR) is 218 cm³/mol. The van der Waals surface area contributed by atoms with E-state index in [1.165, 1.54) is 38.7 Å². The Kier molecular flexibility index (Phi) is 7.22. The first-order valence-electron chi connectivity index (χ1n) is 18.6. The molecule has 11 rings (SSSR count). The number of hydrogen-bond donors (Lipinski definition) is 0. The van der Waals surface area contributed by atoms with Crippen LogP contribution in [0.5, 0.6) is 0 Å². The van der Waals surface area contributed by atoms with Crippen LogP contribution in [-0.4, -0.2) is 44.8 Å². The van der Waals surface area contributed by atoms with Crippen LogP contribution < -0.4 is 0 Å². The molecule has 0 bridgehead atoms. The third kappa shape index (κ3) is 5.15. The van der Waals surface area contributed by atoms with Crippen molar-refractivity contribution < 1.29 is 0 Å². The summed E-state index contributed by atoms with van der Waals surface area (Å²) < 4.78 is 6.84. The first-order chi connectivity index (χ1) is 27.3. The Balaban J connectivity index is 0.997. The second-order valence-corrected chi connectivity index (χ2v) is 14.1. The van der Waals surface area contributed by atoms with Crippen LogP contribution in [0.15, 0.2) is 152 Å². The maximum Gasteiger partial charge on any atom is 0.144 e. The van der Waals surface area contributed by atoms with E-state index in [4.69, 9.17) is 9.98 Å². The van der Waals surface area contributed by atoms with Crippen LogP contribution >= 0.6 is 0 Å². The lowest BCUT2D eigenvalue weighted by molar-refractivity contribution is 0.781. The van der Waals surface area contributed by atoms with Crippen molar-refractivity contribution in [1.29, 1.82) is 0 Å². The maximum absolute atomic E-state index is 5.06. The van der Waals surface area contributed by atoms with E-state index in [9.17, 15) is 0 Å². The molecule has 6 heterocycles. The molecular formula is C46H33N9. The van der Waals surface area contributed by atoms with E-state index < -0.39 is 0 Å². The molecule has 0 amide bonds. The Bertz CT molecular complexity index is 2970. The van der Waals surface area contributed by atoms with Gasteiger partial charge in [-0.3, -0.25) is 14.1 Å². The van der Waals surface area contributed by atoms with E-state index in [0.717, 1.165) is 70.4 Å². The quantitative estimate of drug-likeness (QED) is 0.171. The molecule has 262 valence electrons. The zero-order chi connectivity index (χ0) is 36.3. The highest BCUT2D eigenvalue weighted by Crippen LogP contribution is 2.42. The van der Waals surface area contributed by atoms with Gasteiger partial charge in [0.2, 0.25) is 0 Å². The number of nitrogens with zero attached hydrogens (tertiary/aromatic N) is 9. The Morgan fingerprint density at radius 1 is 0.618 bits per heavy atom. The molecule has 55 heavy (non-hydrogen) atoms. The van der Waals surface area contributed by atoms with Crippen LogP contribution in [0.4, 0.5) is 5.82 Å². The number of rotatable bonds is 6. The van der Waals surface area contributed by atoms with E-state index in [1.807, 2.05) is 37.1 Å². The number of allylic oxidation sites excluding steroid dienone is 1. The number of para-hydroxylation sites is 2. The first-order valence-corrected chi connectivity index (χ1v) is 18.6. The maximum atomic E-state index is 5.06. The molecule has 0 fully saturated rings. The van der Waals surface area contributed by atoms with Crippen LogP contribution in [-0.2, 0) is 12.8 Å². The number of imidazole rings is 1. The van der Waals surface area contributed by atoms with Crippen molar-refractivity contribution in [2.24, 2.45) is 4.99 Å². The monoisotopic (exact) mass is 711 g/mol. The highest BCUT2D eigenvalue weighted by Gasteiger charge is 2.27. The number of pyridine rings is 1. The summed E-state index contributed by atoms with van der Waals surface area (Å²) in [7, 11) is 0. The molecule has 9 aromatic rings. The van der Waals surface area contributed by atoms with Gasteiger partial charge in [-0.2, -0.15) is 0 Å². The summed E-state index contributed by atoms with van der Waals surface area (Å²) in [6, 6.07) is 38.7. The van der Waals surface area contributed by atoms with Gasteiger partial charge in [0, 0.05) is 75.0 Å². The van der Waals surface area contributed by atoms with E-state index in [2.05, 4.69) is 143 Å². The fraction of sp³-hybridized carbons (Fsp3) is 0.0870. The van der Waals surface area contributed by atoms with Gasteiger partial charge in [-0.05, 0) is 85.0 Å². The minimum Gasteiger partial charge on any atom is -0.311 e. The molecule has 0 radical (unpaired) electrons. The zero-order valence-corrected chi connectivity index (χ0v) is 29.7. The minimum absolute atomic E-state index is 0.00997. The molecular weight excluding hydrogens is 679 g/mol. The predicted octanol–water partition coefficient (Wildman–Crippen LogP) is 9.54. The van der Waals surface area contributed by atoms with Crippen molar-refractivity contribution in [3.8, 4) is 28.5 Å². The summed E-state index contributed by atoms with van der Waals surface area (Å²) in [5.74, 6) is 2.61. The van der Waals surface area contributed by atoms with Gasteiger partial charge in [0.05, 0.1) is 23.1 Å².